The van der Waals surface area contributed by atoms with Gasteiger partial charge in [-0.1, -0.05) is 35.7 Å². The first-order valence-corrected chi connectivity index (χ1v) is 6.53. The van der Waals surface area contributed by atoms with Crippen LogP contribution in [0.25, 0.3) is 0 Å². The number of nitrogens with one attached hydrogen (secondary N) is 1. The van der Waals surface area contributed by atoms with Gasteiger partial charge in [-0.3, -0.25) is 4.79 Å². The molecule has 3 heteroatoms. The number of amides is 1. The van der Waals surface area contributed by atoms with Crippen LogP contribution in [0.1, 0.15) is 32.6 Å². The van der Waals surface area contributed by atoms with Crippen LogP contribution in [-0.4, -0.2) is 17.3 Å². The monoisotopic (exact) mass is 259 g/mol. The molecule has 0 saturated heterocycles. The highest BCUT2D eigenvalue weighted by atomic mass is 79.9. The second-order valence-electron chi connectivity index (χ2n) is 4.66. The highest BCUT2D eigenvalue weighted by Crippen LogP contribution is 2.55. The Morgan fingerprint density at radius 1 is 1.43 bits per heavy atom. The van der Waals surface area contributed by atoms with Gasteiger partial charge in [-0.15, -0.1) is 0 Å². The van der Waals surface area contributed by atoms with Crippen LogP contribution in [0, 0.1) is 17.8 Å². The highest BCUT2D eigenvalue weighted by Gasteiger charge is 2.54. The van der Waals surface area contributed by atoms with Crippen LogP contribution < -0.4 is 5.32 Å². The number of carbonyl (C=O) groups excluding carboxylic acids is 1. The molecule has 1 N–H and O–H groups in total. The van der Waals surface area contributed by atoms with Gasteiger partial charge in [0.25, 0.3) is 0 Å². The molecule has 3 unspecified atom stereocenters. The van der Waals surface area contributed by atoms with Crippen molar-refractivity contribution in [2.75, 3.05) is 6.54 Å². The van der Waals surface area contributed by atoms with Gasteiger partial charge in [0.15, 0.2) is 0 Å². The van der Waals surface area contributed by atoms with E-state index in [1.165, 1.54) is 25.7 Å². The predicted molar refractivity (Wildman–Crippen MR) is 60.3 cm³/mol. The first-order valence-electron chi connectivity index (χ1n) is 5.62. The largest absolute Gasteiger partial charge is 0.355 e. The Balaban J connectivity index is 1.77. The zero-order valence-electron chi connectivity index (χ0n) is 8.63. The molecule has 80 valence electrons. The summed E-state index contributed by atoms with van der Waals surface area (Å²) < 4.78 is 0. The maximum absolute atomic E-state index is 11.7. The Hall–Kier alpha value is -0.0500. The van der Waals surface area contributed by atoms with Crippen molar-refractivity contribution in [3.8, 4) is 0 Å². The predicted octanol–water partition coefficient (Wildman–Crippen LogP) is 2.32. The molecule has 0 heterocycles. The summed E-state index contributed by atoms with van der Waals surface area (Å²) in [5, 5.41) is 3.01. The number of hydrogen-bond donors (Lipinski definition) is 1. The SMILES string of the molecule is CC(Br)CNC(=O)C1C2CCCCC21. The average Bonchev–Trinajstić information content (AvgIpc) is 2.88. The maximum Gasteiger partial charge on any atom is 0.223 e. The van der Waals surface area contributed by atoms with Gasteiger partial charge < -0.3 is 5.32 Å². The van der Waals surface area contributed by atoms with E-state index in [-0.39, 0.29) is 0 Å². The lowest BCUT2D eigenvalue weighted by atomic mass is 10.0. The van der Waals surface area contributed by atoms with Gasteiger partial charge >= 0.3 is 0 Å². The van der Waals surface area contributed by atoms with E-state index in [0.717, 1.165) is 18.4 Å². The van der Waals surface area contributed by atoms with E-state index >= 15 is 0 Å². The van der Waals surface area contributed by atoms with Gasteiger partial charge in [-0.25, -0.2) is 0 Å². The number of hydrogen-bond acceptors (Lipinski definition) is 1. The summed E-state index contributed by atoms with van der Waals surface area (Å²) in [5.41, 5.74) is 0. The Morgan fingerprint density at radius 3 is 2.50 bits per heavy atom. The summed E-state index contributed by atoms with van der Waals surface area (Å²) in [4.78, 5) is 12.1. The number of halogens is 1. The first-order chi connectivity index (χ1) is 6.70. The Morgan fingerprint density at radius 2 is 2.00 bits per heavy atom. The summed E-state index contributed by atoms with van der Waals surface area (Å²) >= 11 is 3.43. The van der Waals surface area contributed by atoms with E-state index in [4.69, 9.17) is 0 Å². The van der Waals surface area contributed by atoms with Crippen LogP contribution in [0.3, 0.4) is 0 Å². The lowest BCUT2D eigenvalue weighted by Crippen LogP contribution is -2.30. The molecule has 0 aliphatic heterocycles. The van der Waals surface area contributed by atoms with Gasteiger partial charge in [0, 0.05) is 17.3 Å². The van der Waals surface area contributed by atoms with Crippen LogP contribution >= 0.6 is 15.9 Å². The Labute approximate surface area is 94.0 Å². The molecule has 2 aliphatic carbocycles. The molecule has 0 aromatic heterocycles. The molecule has 0 aromatic carbocycles. The molecule has 0 aromatic rings. The smallest absolute Gasteiger partial charge is 0.223 e. The number of rotatable bonds is 3. The fourth-order valence-corrected chi connectivity index (χ4v) is 2.90. The van der Waals surface area contributed by atoms with Crippen LogP contribution in [0.15, 0.2) is 0 Å². The van der Waals surface area contributed by atoms with Crippen molar-refractivity contribution in [3.05, 3.63) is 0 Å². The molecule has 1 amide bonds. The zero-order valence-corrected chi connectivity index (χ0v) is 10.2. The molecule has 0 bridgehead atoms. The lowest BCUT2D eigenvalue weighted by Gasteiger charge is -2.05. The fourth-order valence-electron chi connectivity index (χ4n) is 2.74. The summed E-state index contributed by atoms with van der Waals surface area (Å²) in [5.74, 6) is 2.13. The van der Waals surface area contributed by atoms with Gasteiger partial charge in [-0.2, -0.15) is 0 Å². The Kier molecular flexibility index (Phi) is 3.15. The molecular formula is C11H18BrNO. The van der Waals surface area contributed by atoms with Crippen LogP contribution in [0.4, 0.5) is 0 Å². The van der Waals surface area contributed by atoms with Crippen molar-refractivity contribution >= 4 is 21.8 Å². The van der Waals surface area contributed by atoms with Crippen LogP contribution in [0.5, 0.6) is 0 Å². The molecular weight excluding hydrogens is 242 g/mol. The van der Waals surface area contributed by atoms with E-state index in [1.54, 1.807) is 0 Å². The molecule has 2 aliphatic rings. The van der Waals surface area contributed by atoms with Crippen molar-refractivity contribution in [3.63, 3.8) is 0 Å². The third-order valence-corrected chi connectivity index (χ3v) is 3.84. The zero-order chi connectivity index (χ0) is 10.1. The number of alkyl halides is 1. The van der Waals surface area contributed by atoms with E-state index in [0.29, 0.717) is 16.7 Å². The summed E-state index contributed by atoms with van der Waals surface area (Å²) in [6.45, 7) is 2.81. The second kappa shape index (κ2) is 4.21. The summed E-state index contributed by atoms with van der Waals surface area (Å²) in [6, 6.07) is 0. The standard InChI is InChI=1S/C11H18BrNO/c1-7(12)6-13-11(14)10-8-4-2-3-5-9(8)10/h7-10H,2-6H2,1H3,(H,13,14). The molecule has 2 rings (SSSR count). The molecule has 14 heavy (non-hydrogen) atoms. The van der Waals surface area contributed by atoms with E-state index in [9.17, 15) is 4.79 Å². The number of carbonyl (C=O) groups is 1. The van der Waals surface area contributed by atoms with Gasteiger partial charge in [0.1, 0.15) is 0 Å². The van der Waals surface area contributed by atoms with E-state index in [1.807, 2.05) is 0 Å². The first kappa shape index (κ1) is 10.5. The Bertz CT molecular complexity index is 217. The van der Waals surface area contributed by atoms with Gasteiger partial charge in [-0.05, 0) is 24.7 Å². The second-order valence-corrected chi connectivity index (χ2v) is 6.23. The number of fused-ring (bicyclic) bond motifs is 1. The van der Waals surface area contributed by atoms with Gasteiger partial charge in [0.05, 0.1) is 0 Å². The molecule has 2 saturated carbocycles. The third kappa shape index (κ3) is 2.13. The summed E-state index contributed by atoms with van der Waals surface area (Å²) in [7, 11) is 0. The van der Waals surface area contributed by atoms with Crippen molar-refractivity contribution < 1.29 is 4.79 Å². The molecule has 2 fully saturated rings. The third-order valence-electron chi connectivity index (χ3n) is 3.52. The van der Waals surface area contributed by atoms with Gasteiger partial charge in [0.2, 0.25) is 5.91 Å². The minimum Gasteiger partial charge on any atom is -0.355 e. The molecule has 3 atom stereocenters. The minimum atomic E-state index is 0.299. The van der Waals surface area contributed by atoms with Crippen molar-refractivity contribution in [1.29, 1.82) is 0 Å². The average molecular weight is 260 g/mol. The summed E-state index contributed by atoms with van der Waals surface area (Å²) in [6.07, 6.45) is 5.23. The highest BCUT2D eigenvalue weighted by molar-refractivity contribution is 9.09. The van der Waals surface area contributed by atoms with E-state index in [2.05, 4.69) is 28.2 Å². The normalized spacial score (nSPS) is 37.1. The molecule has 2 nitrogen and oxygen atoms in total. The van der Waals surface area contributed by atoms with Crippen LogP contribution in [0.2, 0.25) is 0 Å². The quantitative estimate of drug-likeness (QED) is 0.775. The van der Waals surface area contributed by atoms with Crippen LogP contribution in [-0.2, 0) is 4.79 Å². The minimum absolute atomic E-state index is 0.299. The lowest BCUT2D eigenvalue weighted by molar-refractivity contribution is -0.122. The molecule has 0 radical (unpaired) electrons. The van der Waals surface area contributed by atoms with Crippen molar-refractivity contribution in [2.24, 2.45) is 17.8 Å². The van der Waals surface area contributed by atoms with Crippen molar-refractivity contribution in [1.82, 2.24) is 5.32 Å². The maximum atomic E-state index is 11.7. The molecule has 0 spiro atoms. The van der Waals surface area contributed by atoms with E-state index < -0.39 is 0 Å². The van der Waals surface area contributed by atoms with Crippen molar-refractivity contribution in [2.45, 2.75) is 37.4 Å². The fraction of sp³-hybridized carbons (Fsp3) is 0.909. The topological polar surface area (TPSA) is 29.1 Å².